The Labute approximate surface area is 221 Å². The van der Waals surface area contributed by atoms with Crippen LogP contribution in [0.15, 0.2) is 109 Å². The van der Waals surface area contributed by atoms with Crippen LogP contribution in [-0.4, -0.2) is 24.6 Å². The number of rotatable bonds is 2. The van der Waals surface area contributed by atoms with Crippen molar-refractivity contribution in [1.82, 2.24) is 4.98 Å². The lowest BCUT2D eigenvalue weighted by Crippen LogP contribution is -2.58. The molecule has 0 atom stereocenters. The zero-order valence-electron chi connectivity index (χ0n) is 21.1. The van der Waals surface area contributed by atoms with Gasteiger partial charge >= 0.3 is 0 Å². The van der Waals surface area contributed by atoms with E-state index >= 15 is 0 Å². The summed E-state index contributed by atoms with van der Waals surface area (Å²) >= 11 is 0. The van der Waals surface area contributed by atoms with Gasteiger partial charge in [-0.25, -0.2) is 4.98 Å². The second kappa shape index (κ2) is 8.20. The minimum atomic E-state index is -1.90. The molecule has 0 amide bonds. The molecule has 7 rings (SSSR count). The van der Waals surface area contributed by atoms with Crippen LogP contribution in [0.2, 0.25) is 13.1 Å². The van der Waals surface area contributed by atoms with Crippen LogP contribution in [0, 0.1) is 0 Å². The number of carbonyl (C=O) groups is 2. The number of para-hydroxylation sites is 1. The number of pyridine rings is 1. The van der Waals surface area contributed by atoms with Crippen molar-refractivity contribution in [2.45, 2.75) is 13.1 Å². The predicted molar refractivity (Wildman–Crippen MR) is 156 cm³/mol. The monoisotopic (exact) mass is 508 g/mol. The average molecular weight is 509 g/mol. The molecular formula is C33H24N2O2Si. The molecule has 5 aromatic rings. The molecule has 0 fully saturated rings. The summed E-state index contributed by atoms with van der Waals surface area (Å²) in [7, 11) is -1.90. The highest BCUT2D eigenvalue weighted by atomic mass is 28.3. The topological polar surface area (TPSA) is 50.3 Å². The van der Waals surface area contributed by atoms with Gasteiger partial charge < -0.3 is 0 Å². The van der Waals surface area contributed by atoms with Crippen molar-refractivity contribution in [1.29, 1.82) is 0 Å². The molecule has 1 aromatic heterocycles. The molecule has 0 N–H and O–H groups in total. The Kier molecular flexibility index (Phi) is 4.87. The summed E-state index contributed by atoms with van der Waals surface area (Å²) in [5, 5.41) is 4.59. The van der Waals surface area contributed by atoms with E-state index < -0.39 is 8.07 Å². The number of nitrogens with zero attached hydrogens (tertiary/aromatic N) is 2. The standard InChI is InChI=1S/C33H24N2O2Si/c1-38(2)29-11-6-5-10-28(29)35(33-30(38)12-7-17-34-33)24-15-13-21(14-16-24)18-27-31(36)25-19-22-8-3-4-9-23(22)20-26(25)32(27)37/h3-20H,1-2H3. The minimum absolute atomic E-state index is 0.213. The molecule has 38 heavy (non-hydrogen) atoms. The van der Waals surface area contributed by atoms with Crippen molar-refractivity contribution >= 4 is 64.1 Å². The van der Waals surface area contributed by atoms with Crippen LogP contribution in [0.3, 0.4) is 0 Å². The zero-order valence-corrected chi connectivity index (χ0v) is 22.1. The smallest absolute Gasteiger partial charge is 0.197 e. The molecule has 2 aliphatic rings. The second-order valence-electron chi connectivity index (χ2n) is 10.4. The maximum Gasteiger partial charge on any atom is 0.197 e. The Morgan fingerprint density at radius 1 is 0.711 bits per heavy atom. The number of hydrogen-bond acceptors (Lipinski definition) is 4. The number of ketones is 2. The largest absolute Gasteiger partial charge is 0.295 e. The third kappa shape index (κ3) is 3.25. The first-order valence-electron chi connectivity index (χ1n) is 12.7. The van der Waals surface area contributed by atoms with E-state index in [9.17, 15) is 9.59 Å². The Morgan fingerprint density at radius 2 is 1.32 bits per heavy atom. The summed E-state index contributed by atoms with van der Waals surface area (Å²) in [6, 6.07) is 32.3. The van der Waals surface area contributed by atoms with Gasteiger partial charge in [-0.3, -0.25) is 14.5 Å². The van der Waals surface area contributed by atoms with Crippen LogP contribution >= 0.6 is 0 Å². The van der Waals surface area contributed by atoms with E-state index in [1.54, 1.807) is 6.08 Å². The summed E-state index contributed by atoms with van der Waals surface area (Å²) in [5.74, 6) is 0.544. The molecule has 0 saturated heterocycles. The van der Waals surface area contributed by atoms with Gasteiger partial charge in [0.15, 0.2) is 11.6 Å². The van der Waals surface area contributed by atoms with Gasteiger partial charge in [-0.1, -0.05) is 73.8 Å². The van der Waals surface area contributed by atoms with Crippen LogP contribution in [0.4, 0.5) is 17.2 Å². The first-order valence-corrected chi connectivity index (χ1v) is 15.7. The van der Waals surface area contributed by atoms with Crippen molar-refractivity contribution in [3.8, 4) is 0 Å². The van der Waals surface area contributed by atoms with Crippen LogP contribution in [0.5, 0.6) is 0 Å². The van der Waals surface area contributed by atoms with Gasteiger partial charge in [0.2, 0.25) is 0 Å². The van der Waals surface area contributed by atoms with E-state index in [4.69, 9.17) is 4.98 Å². The molecule has 1 aliphatic carbocycles. The van der Waals surface area contributed by atoms with Gasteiger partial charge in [-0.2, -0.15) is 0 Å². The second-order valence-corrected chi connectivity index (χ2v) is 14.7. The van der Waals surface area contributed by atoms with Gasteiger partial charge in [0.25, 0.3) is 0 Å². The lowest BCUT2D eigenvalue weighted by atomic mass is 10.0. The third-order valence-corrected chi connectivity index (χ3v) is 11.3. The molecule has 0 radical (unpaired) electrons. The molecule has 0 saturated carbocycles. The number of carbonyl (C=O) groups excluding carboxylic acids is 2. The summed E-state index contributed by atoms with van der Waals surface area (Å²) < 4.78 is 0. The molecule has 4 aromatic carbocycles. The van der Waals surface area contributed by atoms with Crippen LogP contribution in [-0.2, 0) is 0 Å². The predicted octanol–water partition coefficient (Wildman–Crippen LogP) is 6.30. The first kappa shape index (κ1) is 22.6. The van der Waals surface area contributed by atoms with Gasteiger partial charge in [-0.15, -0.1) is 0 Å². The number of hydrogen-bond donors (Lipinski definition) is 0. The van der Waals surface area contributed by atoms with Gasteiger partial charge in [-0.05, 0) is 69.2 Å². The van der Waals surface area contributed by atoms with Crippen LogP contribution in [0.1, 0.15) is 26.3 Å². The van der Waals surface area contributed by atoms with E-state index in [2.05, 4.69) is 48.3 Å². The highest BCUT2D eigenvalue weighted by molar-refractivity contribution is 7.02. The lowest BCUT2D eigenvalue weighted by Gasteiger charge is -2.39. The van der Waals surface area contributed by atoms with E-state index in [0.717, 1.165) is 33.5 Å². The SMILES string of the molecule is C[Si]1(C)c2ccccc2N(c2ccc(C=C3C(=O)c4cc5ccccc5cc4C3=O)cc2)c2ncccc21. The molecular weight excluding hydrogens is 484 g/mol. The van der Waals surface area contributed by atoms with Crippen molar-refractivity contribution in [3.63, 3.8) is 0 Å². The Bertz CT molecular complexity index is 1730. The fraction of sp³-hybridized carbons (Fsp3) is 0.0606. The normalized spacial score (nSPS) is 15.3. The number of fused-ring (bicyclic) bond motifs is 4. The highest BCUT2D eigenvalue weighted by Crippen LogP contribution is 2.37. The van der Waals surface area contributed by atoms with E-state index in [0.29, 0.717) is 11.1 Å². The fourth-order valence-corrected chi connectivity index (χ4v) is 8.69. The maximum absolute atomic E-state index is 13.2. The Hall–Kier alpha value is -4.61. The van der Waals surface area contributed by atoms with Gasteiger partial charge in [0, 0.05) is 28.7 Å². The van der Waals surface area contributed by atoms with Gasteiger partial charge in [0.1, 0.15) is 13.9 Å². The number of Topliss-reactive ketones (excluding diaryl/α,β-unsaturated/α-hetero) is 2. The first-order chi connectivity index (χ1) is 18.4. The molecule has 4 nitrogen and oxygen atoms in total. The molecule has 2 heterocycles. The average Bonchev–Trinajstić information content (AvgIpc) is 3.17. The summed E-state index contributed by atoms with van der Waals surface area (Å²) in [6.45, 7) is 4.74. The van der Waals surface area contributed by atoms with E-state index in [1.807, 2.05) is 72.9 Å². The molecule has 5 heteroatoms. The fourth-order valence-electron chi connectivity index (χ4n) is 5.81. The van der Waals surface area contributed by atoms with Crippen molar-refractivity contribution in [2.75, 3.05) is 4.90 Å². The third-order valence-electron chi connectivity index (χ3n) is 7.82. The van der Waals surface area contributed by atoms with E-state index in [1.165, 1.54) is 10.4 Å². The summed E-state index contributed by atoms with van der Waals surface area (Å²) in [6.07, 6.45) is 3.56. The van der Waals surface area contributed by atoms with Crippen molar-refractivity contribution < 1.29 is 9.59 Å². The van der Waals surface area contributed by atoms with Crippen LogP contribution < -0.4 is 15.3 Å². The molecule has 182 valence electrons. The highest BCUT2D eigenvalue weighted by Gasteiger charge is 2.39. The summed E-state index contributed by atoms with van der Waals surface area (Å²) in [5.41, 5.74) is 4.13. The number of allylic oxidation sites excluding steroid dienone is 1. The number of anilines is 3. The Balaban J connectivity index is 1.28. The Morgan fingerprint density at radius 3 is 2.00 bits per heavy atom. The van der Waals surface area contributed by atoms with Gasteiger partial charge in [0.05, 0.1) is 5.57 Å². The van der Waals surface area contributed by atoms with Crippen molar-refractivity contribution in [2.24, 2.45) is 0 Å². The summed E-state index contributed by atoms with van der Waals surface area (Å²) in [4.78, 5) is 33.4. The molecule has 0 bridgehead atoms. The van der Waals surface area contributed by atoms with E-state index in [-0.39, 0.29) is 17.1 Å². The van der Waals surface area contributed by atoms with Crippen LogP contribution in [0.25, 0.3) is 16.8 Å². The lowest BCUT2D eigenvalue weighted by molar-refractivity contribution is 0.0990. The maximum atomic E-state index is 13.2. The number of benzene rings is 4. The molecule has 0 unspecified atom stereocenters. The zero-order chi connectivity index (χ0) is 26.0. The quantitative estimate of drug-likeness (QED) is 0.159. The molecule has 1 aliphatic heterocycles. The number of aromatic nitrogens is 1. The minimum Gasteiger partial charge on any atom is -0.295 e. The molecule has 0 spiro atoms. The van der Waals surface area contributed by atoms with Crippen molar-refractivity contribution in [3.05, 3.63) is 126 Å².